The number of aliphatic carboxylic acids is 1. The predicted octanol–water partition coefficient (Wildman–Crippen LogP) is 7.40. The number of carboxylic acids is 1. The Labute approximate surface area is 239 Å². The van der Waals surface area contributed by atoms with E-state index >= 15 is 0 Å². The molecule has 0 saturated carbocycles. The Balaban J connectivity index is 1.18. The fourth-order valence-electron chi connectivity index (χ4n) is 6.20. The number of carboxylic acid groups (broad SMARTS) is 1. The Bertz CT molecular complexity index is 1590. The Hall–Kier alpha value is -4.32. The molecule has 5 nitrogen and oxygen atoms in total. The van der Waals surface area contributed by atoms with Gasteiger partial charge in [-0.15, -0.1) is 0 Å². The number of hydrogen-bond acceptors (Lipinski definition) is 4. The fraction of sp³-hybridized carbons (Fsp3) is 0.286. The number of para-hydroxylation sites is 1. The lowest BCUT2D eigenvalue weighted by Gasteiger charge is -2.16. The highest BCUT2D eigenvalue weighted by molar-refractivity contribution is 5.79. The lowest BCUT2D eigenvalue weighted by atomic mass is 9.88. The van der Waals surface area contributed by atoms with Crippen LogP contribution < -0.4 is 14.2 Å². The molecule has 0 spiro atoms. The van der Waals surface area contributed by atoms with Gasteiger partial charge in [0.2, 0.25) is 0 Å². The molecule has 0 amide bonds. The first-order valence-electron chi connectivity index (χ1n) is 14.1. The monoisotopic (exact) mass is 552 g/mol. The van der Waals surface area contributed by atoms with Crippen molar-refractivity contribution in [1.82, 2.24) is 0 Å². The van der Waals surface area contributed by atoms with E-state index in [-0.39, 0.29) is 24.1 Å². The van der Waals surface area contributed by atoms with E-state index in [1.165, 1.54) is 11.6 Å². The number of aryl methyl sites for hydroxylation is 2. The maximum atomic E-state index is 14.0. The lowest BCUT2D eigenvalue weighted by Crippen LogP contribution is -2.07. The van der Waals surface area contributed by atoms with Gasteiger partial charge in [-0.3, -0.25) is 4.79 Å². The van der Waals surface area contributed by atoms with Gasteiger partial charge < -0.3 is 19.3 Å². The molecule has 4 aromatic carbocycles. The zero-order valence-electron chi connectivity index (χ0n) is 23.3. The largest absolute Gasteiger partial charge is 0.493 e. The van der Waals surface area contributed by atoms with E-state index in [2.05, 4.69) is 44.2 Å². The van der Waals surface area contributed by atoms with Gasteiger partial charge in [-0.1, -0.05) is 48.5 Å². The maximum Gasteiger partial charge on any atom is 0.304 e. The molecule has 0 radical (unpaired) electrons. The number of carbonyl (C=O) groups is 1. The second-order valence-electron chi connectivity index (χ2n) is 11.0. The third-order valence-corrected chi connectivity index (χ3v) is 8.15. The number of halogens is 1. The van der Waals surface area contributed by atoms with Crippen LogP contribution in [-0.4, -0.2) is 30.9 Å². The molecule has 1 N–H and O–H groups in total. The van der Waals surface area contributed by atoms with E-state index in [0.717, 1.165) is 57.1 Å². The molecule has 6 rings (SSSR count). The van der Waals surface area contributed by atoms with Crippen LogP contribution in [0.4, 0.5) is 4.39 Å². The van der Waals surface area contributed by atoms with Gasteiger partial charge in [-0.2, -0.15) is 0 Å². The van der Waals surface area contributed by atoms with Crippen molar-refractivity contribution in [3.8, 4) is 28.4 Å². The molecule has 0 fully saturated rings. The zero-order valence-corrected chi connectivity index (χ0v) is 23.3. The maximum absolute atomic E-state index is 14.0. The second kappa shape index (κ2) is 11.3. The second-order valence-corrected chi connectivity index (χ2v) is 11.0. The molecule has 2 aliphatic rings. The normalized spacial score (nSPS) is 17.0. The van der Waals surface area contributed by atoms with Gasteiger partial charge in [-0.25, -0.2) is 4.39 Å². The van der Waals surface area contributed by atoms with E-state index in [9.17, 15) is 14.3 Å². The Morgan fingerprint density at radius 2 is 1.71 bits per heavy atom. The molecular formula is C35H33FO5. The minimum atomic E-state index is -0.807. The molecule has 0 aromatic heterocycles. The predicted molar refractivity (Wildman–Crippen MR) is 156 cm³/mol. The Morgan fingerprint density at radius 3 is 2.49 bits per heavy atom. The fourth-order valence-corrected chi connectivity index (χ4v) is 6.20. The first kappa shape index (κ1) is 26.9. The molecule has 6 heteroatoms. The highest BCUT2D eigenvalue weighted by Gasteiger charge is 2.30. The van der Waals surface area contributed by atoms with Crippen molar-refractivity contribution in [2.24, 2.45) is 0 Å². The van der Waals surface area contributed by atoms with Gasteiger partial charge in [-0.05, 0) is 72.4 Å². The summed E-state index contributed by atoms with van der Waals surface area (Å²) in [5.41, 5.74) is 8.38. The van der Waals surface area contributed by atoms with Gasteiger partial charge in [0.15, 0.2) is 0 Å². The highest BCUT2D eigenvalue weighted by atomic mass is 19.1. The van der Waals surface area contributed by atoms with Crippen molar-refractivity contribution < 1.29 is 28.5 Å². The SMILES string of the molecule is Cc1cc(OCCc2ccccc2F)cc(C)c1-c1cccc2c1OC[C@H]2Cc1ccc2c(c1)OC[C@H]2CC(=O)O. The van der Waals surface area contributed by atoms with Crippen LogP contribution in [0, 0.1) is 19.7 Å². The third kappa shape index (κ3) is 5.51. The quantitative estimate of drug-likeness (QED) is 0.234. The van der Waals surface area contributed by atoms with Gasteiger partial charge in [0, 0.05) is 34.9 Å². The minimum Gasteiger partial charge on any atom is -0.493 e. The van der Waals surface area contributed by atoms with Crippen molar-refractivity contribution in [3.05, 3.63) is 112 Å². The molecule has 0 saturated heterocycles. The molecule has 2 heterocycles. The van der Waals surface area contributed by atoms with E-state index in [4.69, 9.17) is 14.2 Å². The Morgan fingerprint density at radius 1 is 0.927 bits per heavy atom. The first-order valence-corrected chi connectivity index (χ1v) is 14.1. The van der Waals surface area contributed by atoms with Crippen LogP contribution in [0.2, 0.25) is 0 Å². The van der Waals surface area contributed by atoms with Crippen molar-refractivity contribution in [2.45, 2.75) is 44.9 Å². The number of fused-ring (bicyclic) bond motifs is 2. The molecule has 0 aliphatic carbocycles. The zero-order chi connectivity index (χ0) is 28.5. The third-order valence-electron chi connectivity index (χ3n) is 8.15. The van der Waals surface area contributed by atoms with E-state index < -0.39 is 5.97 Å². The summed E-state index contributed by atoms with van der Waals surface area (Å²) in [6.07, 6.45) is 1.40. The molecule has 41 heavy (non-hydrogen) atoms. The summed E-state index contributed by atoms with van der Waals surface area (Å²) in [4.78, 5) is 11.2. The van der Waals surface area contributed by atoms with Crippen LogP contribution >= 0.6 is 0 Å². The highest BCUT2D eigenvalue weighted by Crippen LogP contribution is 2.46. The Kier molecular flexibility index (Phi) is 7.39. The number of benzene rings is 4. The summed E-state index contributed by atoms with van der Waals surface area (Å²) in [6, 6.07) is 23.4. The molecule has 0 unspecified atom stereocenters. The number of ether oxygens (including phenoxy) is 3. The first-order chi connectivity index (χ1) is 19.9. The molecule has 4 aromatic rings. The molecular weight excluding hydrogens is 519 g/mol. The summed E-state index contributed by atoms with van der Waals surface area (Å²) >= 11 is 0. The average molecular weight is 553 g/mol. The van der Waals surface area contributed by atoms with Gasteiger partial charge in [0.25, 0.3) is 0 Å². The standard InChI is InChI=1S/C35H33FO5/c1-21-14-27(39-13-12-24-6-3-4-9-31(24)36)15-22(2)34(21)30-8-5-7-29-25(20-41-35(29)30)16-23-10-11-28-26(18-33(37)38)19-40-32(28)17-23/h3-11,14-15,17,25-26H,12-13,16,18-20H2,1-2H3,(H,37,38)/t25-,26-/m1/s1. The lowest BCUT2D eigenvalue weighted by molar-refractivity contribution is -0.137. The van der Waals surface area contributed by atoms with E-state index in [1.54, 1.807) is 12.1 Å². The van der Waals surface area contributed by atoms with Gasteiger partial charge in [0.1, 0.15) is 23.1 Å². The summed E-state index contributed by atoms with van der Waals surface area (Å²) in [5, 5.41) is 9.18. The van der Waals surface area contributed by atoms with Crippen LogP contribution in [0.5, 0.6) is 17.2 Å². The molecule has 2 aliphatic heterocycles. The summed E-state index contributed by atoms with van der Waals surface area (Å²) in [5.74, 6) is 1.60. The average Bonchev–Trinajstić information content (AvgIpc) is 3.53. The van der Waals surface area contributed by atoms with Gasteiger partial charge >= 0.3 is 5.97 Å². The van der Waals surface area contributed by atoms with Crippen molar-refractivity contribution in [1.29, 1.82) is 0 Å². The van der Waals surface area contributed by atoms with Crippen molar-refractivity contribution in [3.63, 3.8) is 0 Å². The van der Waals surface area contributed by atoms with Crippen LogP contribution in [0.1, 0.15) is 51.6 Å². The summed E-state index contributed by atoms with van der Waals surface area (Å²) in [7, 11) is 0. The van der Waals surface area contributed by atoms with Gasteiger partial charge in [0.05, 0.1) is 26.2 Å². The van der Waals surface area contributed by atoms with E-state index in [0.29, 0.717) is 31.8 Å². The molecule has 0 bridgehead atoms. The van der Waals surface area contributed by atoms with Crippen molar-refractivity contribution in [2.75, 3.05) is 19.8 Å². The number of rotatable bonds is 9. The summed E-state index contributed by atoms with van der Waals surface area (Å²) < 4.78 is 32.1. The van der Waals surface area contributed by atoms with Crippen LogP contribution in [0.15, 0.2) is 72.8 Å². The molecule has 2 atom stereocenters. The smallest absolute Gasteiger partial charge is 0.304 e. The number of hydrogen-bond donors (Lipinski definition) is 1. The van der Waals surface area contributed by atoms with Crippen LogP contribution in [0.3, 0.4) is 0 Å². The van der Waals surface area contributed by atoms with Crippen LogP contribution in [0.25, 0.3) is 11.1 Å². The van der Waals surface area contributed by atoms with Crippen LogP contribution in [-0.2, 0) is 17.6 Å². The van der Waals surface area contributed by atoms with Crippen molar-refractivity contribution >= 4 is 5.97 Å². The van der Waals surface area contributed by atoms with E-state index in [1.807, 2.05) is 24.3 Å². The molecule has 210 valence electrons. The topological polar surface area (TPSA) is 65.0 Å². The summed E-state index contributed by atoms with van der Waals surface area (Å²) in [6.45, 7) is 5.58. The minimum absolute atomic E-state index is 0.0819.